The van der Waals surface area contributed by atoms with E-state index in [1.54, 1.807) is 22.8 Å². The second-order valence-corrected chi connectivity index (χ2v) is 9.78. The van der Waals surface area contributed by atoms with Gasteiger partial charge in [-0.15, -0.1) is 0 Å². The molecule has 0 amide bonds. The Balaban J connectivity index is 1.59. The molecule has 1 aromatic heterocycles. The summed E-state index contributed by atoms with van der Waals surface area (Å²) in [6.45, 7) is 8.35. The van der Waals surface area contributed by atoms with E-state index in [9.17, 15) is 13.2 Å². The van der Waals surface area contributed by atoms with Crippen LogP contribution < -0.4 is 9.60 Å². The summed E-state index contributed by atoms with van der Waals surface area (Å²) in [5.74, 6) is 0.804. The lowest BCUT2D eigenvalue weighted by atomic mass is 9.99. The first-order valence-electron chi connectivity index (χ1n) is 9.26. The zero-order valence-electron chi connectivity index (χ0n) is 15.4. The first-order chi connectivity index (χ1) is 12.4. The number of aromatic nitrogens is 1. The van der Waals surface area contributed by atoms with Crippen molar-refractivity contribution in [3.63, 3.8) is 0 Å². The van der Waals surface area contributed by atoms with Crippen molar-refractivity contribution in [3.05, 3.63) is 27.9 Å². The number of thiazole rings is 1. The van der Waals surface area contributed by atoms with Gasteiger partial charge in [0.25, 0.3) is 0 Å². The van der Waals surface area contributed by atoms with Gasteiger partial charge in [0.1, 0.15) is 0 Å². The van der Waals surface area contributed by atoms with Gasteiger partial charge in [-0.3, -0.25) is 9.36 Å². The molecule has 0 atom stereocenters. The molecule has 0 spiro atoms. The second-order valence-electron chi connectivity index (χ2n) is 7.02. The van der Waals surface area contributed by atoms with Crippen molar-refractivity contribution in [1.29, 1.82) is 0 Å². The summed E-state index contributed by atoms with van der Waals surface area (Å²) < 4.78 is 30.1. The minimum absolute atomic E-state index is 0.0548. The van der Waals surface area contributed by atoms with Crippen molar-refractivity contribution in [3.8, 4) is 0 Å². The fourth-order valence-corrected chi connectivity index (χ4v) is 5.56. The van der Waals surface area contributed by atoms with Gasteiger partial charge < -0.3 is 4.90 Å². The molecule has 1 aliphatic heterocycles. The Labute approximate surface area is 158 Å². The lowest BCUT2D eigenvalue weighted by Gasteiger charge is -2.30. The van der Waals surface area contributed by atoms with Crippen molar-refractivity contribution in [2.24, 2.45) is 5.92 Å². The zero-order valence-corrected chi connectivity index (χ0v) is 17.0. The molecule has 0 bridgehead atoms. The third kappa shape index (κ3) is 4.36. The molecule has 0 saturated carbocycles. The van der Waals surface area contributed by atoms with Crippen LogP contribution in [0.3, 0.4) is 0 Å². The largest absolute Gasteiger partial charge is 0.308 e. The summed E-state index contributed by atoms with van der Waals surface area (Å²) >= 11 is 1.09. The summed E-state index contributed by atoms with van der Waals surface area (Å²) in [4.78, 5) is 14.5. The maximum absolute atomic E-state index is 12.5. The van der Waals surface area contributed by atoms with Crippen LogP contribution in [-0.2, 0) is 16.6 Å². The van der Waals surface area contributed by atoms with Gasteiger partial charge in [0.15, 0.2) is 0 Å². The molecule has 0 unspecified atom stereocenters. The summed E-state index contributed by atoms with van der Waals surface area (Å²) in [6.07, 6.45) is 3.26. The monoisotopic (exact) mass is 397 g/mol. The topological polar surface area (TPSA) is 71.4 Å². The first-order valence-corrected chi connectivity index (χ1v) is 11.6. The number of aryl methyl sites for hydroxylation is 1. The van der Waals surface area contributed by atoms with Crippen LogP contribution in [0.2, 0.25) is 0 Å². The lowest BCUT2D eigenvalue weighted by Crippen LogP contribution is -2.35. The van der Waals surface area contributed by atoms with Crippen LogP contribution in [0, 0.1) is 5.92 Å². The minimum atomic E-state index is -3.55. The van der Waals surface area contributed by atoms with Crippen LogP contribution in [0.25, 0.3) is 10.2 Å². The molecule has 6 nitrogen and oxygen atoms in total. The average molecular weight is 398 g/mol. The van der Waals surface area contributed by atoms with Gasteiger partial charge >= 0.3 is 4.87 Å². The predicted octanol–water partition coefficient (Wildman–Crippen LogP) is 2.48. The molecule has 3 rings (SSSR count). The van der Waals surface area contributed by atoms with E-state index in [0.29, 0.717) is 17.8 Å². The molecule has 1 aromatic carbocycles. The molecule has 1 N–H and O–H groups in total. The number of nitrogens with one attached hydrogen (secondary N) is 1. The third-order valence-corrected chi connectivity index (χ3v) is 7.49. The fourth-order valence-electron chi connectivity index (χ4n) is 3.39. The number of rotatable bonds is 7. The number of hydrogen-bond acceptors (Lipinski definition) is 5. The van der Waals surface area contributed by atoms with Crippen LogP contribution in [0.5, 0.6) is 0 Å². The number of likely N-dealkylation sites (tertiary alicyclic amines) is 1. The molecule has 2 aromatic rings. The summed E-state index contributed by atoms with van der Waals surface area (Å²) in [5, 5.41) is 0. The molecule has 0 aliphatic carbocycles. The van der Waals surface area contributed by atoms with E-state index in [0.717, 1.165) is 48.8 Å². The van der Waals surface area contributed by atoms with Crippen LogP contribution in [0.1, 0.15) is 33.1 Å². The molecule has 26 heavy (non-hydrogen) atoms. The van der Waals surface area contributed by atoms with E-state index < -0.39 is 10.0 Å². The molecule has 2 heterocycles. The van der Waals surface area contributed by atoms with E-state index in [1.165, 1.54) is 12.8 Å². The highest BCUT2D eigenvalue weighted by atomic mass is 32.2. The second kappa shape index (κ2) is 8.21. The lowest BCUT2D eigenvalue weighted by molar-refractivity contribution is 0.191. The van der Waals surface area contributed by atoms with Crippen molar-refractivity contribution >= 4 is 31.6 Å². The number of sulfonamides is 1. The summed E-state index contributed by atoms with van der Waals surface area (Å²) in [6, 6.07) is 4.90. The van der Waals surface area contributed by atoms with Gasteiger partial charge in [-0.2, -0.15) is 0 Å². The maximum atomic E-state index is 12.5. The fraction of sp³-hybridized carbons (Fsp3) is 0.611. The number of fused-ring (bicyclic) bond motifs is 1. The molecule has 144 valence electrons. The predicted molar refractivity (Wildman–Crippen MR) is 106 cm³/mol. The van der Waals surface area contributed by atoms with Crippen LogP contribution in [-0.4, -0.2) is 44.1 Å². The third-order valence-electron chi connectivity index (χ3n) is 5.09. The van der Waals surface area contributed by atoms with Crippen molar-refractivity contribution in [1.82, 2.24) is 14.2 Å². The van der Waals surface area contributed by atoms with Gasteiger partial charge in [0.05, 0.1) is 15.1 Å². The Morgan fingerprint density at radius 3 is 2.69 bits per heavy atom. The molecule has 0 radical (unpaired) electrons. The number of hydrogen-bond donors (Lipinski definition) is 1. The van der Waals surface area contributed by atoms with Gasteiger partial charge in [-0.25, -0.2) is 13.1 Å². The van der Waals surface area contributed by atoms with Gasteiger partial charge in [0.2, 0.25) is 10.0 Å². The zero-order chi connectivity index (χ0) is 18.7. The minimum Gasteiger partial charge on any atom is -0.303 e. The summed E-state index contributed by atoms with van der Waals surface area (Å²) in [7, 11) is -3.55. The van der Waals surface area contributed by atoms with E-state index in [4.69, 9.17) is 0 Å². The molecule has 8 heteroatoms. The van der Waals surface area contributed by atoms with Gasteiger partial charge in [0, 0.05) is 13.1 Å². The summed E-state index contributed by atoms with van der Waals surface area (Å²) in [5.41, 5.74) is 0.792. The molecule has 1 saturated heterocycles. The molecular formula is C18H27N3O3S2. The Bertz CT molecular complexity index is 909. The van der Waals surface area contributed by atoms with E-state index in [-0.39, 0.29) is 9.77 Å². The van der Waals surface area contributed by atoms with Gasteiger partial charge in [-0.1, -0.05) is 18.3 Å². The standard InChI is InChI=1S/C18H27N3O3S2/c1-3-21-16-6-5-15(13-17(16)25-18(21)22)26(23,24)19-9-4-10-20-11-7-14(2)8-12-20/h5-6,13-14,19H,3-4,7-12H2,1-2H3. The Morgan fingerprint density at radius 2 is 2.00 bits per heavy atom. The van der Waals surface area contributed by atoms with E-state index >= 15 is 0 Å². The molecule has 1 aliphatic rings. The van der Waals surface area contributed by atoms with Crippen LogP contribution in [0.15, 0.2) is 27.9 Å². The average Bonchev–Trinajstić information content (AvgIpc) is 2.94. The number of nitrogens with zero attached hydrogens (tertiary/aromatic N) is 2. The van der Waals surface area contributed by atoms with Gasteiger partial charge in [-0.05, 0) is 69.9 Å². The van der Waals surface area contributed by atoms with E-state index in [1.807, 2.05) is 6.92 Å². The van der Waals surface area contributed by atoms with Crippen molar-refractivity contribution in [2.45, 2.75) is 44.6 Å². The number of benzene rings is 1. The SMILES string of the molecule is CCn1c(=O)sc2cc(S(=O)(=O)NCCCN3CCC(C)CC3)ccc21. The number of piperidine rings is 1. The Morgan fingerprint density at radius 1 is 1.27 bits per heavy atom. The highest BCUT2D eigenvalue weighted by Gasteiger charge is 2.18. The first kappa shape index (κ1) is 19.5. The molecular weight excluding hydrogens is 370 g/mol. The van der Waals surface area contributed by atoms with Crippen molar-refractivity contribution in [2.75, 3.05) is 26.2 Å². The van der Waals surface area contributed by atoms with E-state index in [2.05, 4.69) is 16.5 Å². The Kier molecular flexibility index (Phi) is 6.17. The normalized spacial score (nSPS) is 17.2. The Hall–Kier alpha value is -1.22. The quantitative estimate of drug-likeness (QED) is 0.729. The molecule has 1 fully saturated rings. The van der Waals surface area contributed by atoms with Crippen LogP contribution >= 0.6 is 11.3 Å². The highest BCUT2D eigenvalue weighted by Crippen LogP contribution is 2.21. The van der Waals surface area contributed by atoms with Crippen molar-refractivity contribution < 1.29 is 8.42 Å². The maximum Gasteiger partial charge on any atom is 0.308 e. The van der Waals surface area contributed by atoms with Crippen LogP contribution in [0.4, 0.5) is 0 Å². The highest BCUT2D eigenvalue weighted by molar-refractivity contribution is 7.89. The smallest absolute Gasteiger partial charge is 0.303 e.